The Labute approximate surface area is 133 Å². The van der Waals surface area contributed by atoms with Gasteiger partial charge in [-0.1, -0.05) is 41.9 Å². The summed E-state index contributed by atoms with van der Waals surface area (Å²) in [7, 11) is 0. The van der Waals surface area contributed by atoms with Gasteiger partial charge in [0.15, 0.2) is 0 Å². The average Bonchev–Trinajstić information content (AvgIpc) is 2.55. The van der Waals surface area contributed by atoms with Gasteiger partial charge < -0.3 is 15.4 Å². The van der Waals surface area contributed by atoms with E-state index in [1.807, 2.05) is 30.3 Å². The third kappa shape index (κ3) is 3.05. The molecule has 1 aromatic heterocycles. The monoisotopic (exact) mass is 317 g/mol. The number of aromatic nitrogens is 1. The Morgan fingerprint density at radius 2 is 2.14 bits per heavy atom. The van der Waals surface area contributed by atoms with E-state index in [-0.39, 0.29) is 6.10 Å². The second-order valence-corrected chi connectivity index (χ2v) is 5.52. The lowest BCUT2D eigenvalue weighted by Crippen LogP contribution is -2.39. The van der Waals surface area contributed by atoms with Gasteiger partial charge in [0.25, 0.3) is 0 Å². The van der Waals surface area contributed by atoms with Crippen molar-refractivity contribution in [1.82, 2.24) is 4.98 Å². The van der Waals surface area contributed by atoms with E-state index in [1.165, 1.54) is 6.20 Å². The lowest BCUT2D eigenvalue weighted by molar-refractivity contribution is 0.0395. The van der Waals surface area contributed by atoms with E-state index in [1.54, 1.807) is 6.07 Å². The highest BCUT2D eigenvalue weighted by Crippen LogP contribution is 2.29. The number of carbonyl (C=O) groups is 1. The second-order valence-electron chi connectivity index (χ2n) is 5.11. The lowest BCUT2D eigenvalue weighted by Gasteiger charge is -2.34. The third-order valence-corrected chi connectivity index (χ3v) is 3.92. The number of ether oxygens (including phenoxy) is 1. The van der Waals surface area contributed by atoms with Crippen molar-refractivity contribution < 1.29 is 9.53 Å². The normalized spacial score (nSPS) is 18.2. The number of halogens is 1. The predicted octanol–water partition coefficient (Wildman–Crippen LogP) is 2.41. The van der Waals surface area contributed by atoms with Gasteiger partial charge in [0.2, 0.25) is 5.91 Å². The van der Waals surface area contributed by atoms with Gasteiger partial charge in [-0.15, -0.1) is 0 Å². The molecule has 0 spiro atoms. The van der Waals surface area contributed by atoms with E-state index in [2.05, 4.69) is 9.88 Å². The number of morpholine rings is 1. The Kier molecular flexibility index (Phi) is 4.27. The van der Waals surface area contributed by atoms with Gasteiger partial charge in [0, 0.05) is 19.3 Å². The quantitative estimate of drug-likeness (QED) is 0.944. The highest BCUT2D eigenvalue weighted by Gasteiger charge is 2.24. The minimum absolute atomic E-state index is 0.0244. The fraction of sp³-hybridized carbons (Fsp3) is 0.250. The molecule has 0 bridgehead atoms. The SMILES string of the molecule is NC(=O)c1cnc(N2CCO[C@H](c3ccccc3)C2)c(Cl)c1. The number of primary amides is 1. The van der Waals surface area contributed by atoms with Gasteiger partial charge in [-0.25, -0.2) is 4.98 Å². The first-order valence-electron chi connectivity index (χ1n) is 7.02. The first-order valence-corrected chi connectivity index (χ1v) is 7.40. The number of hydrogen-bond acceptors (Lipinski definition) is 4. The van der Waals surface area contributed by atoms with Gasteiger partial charge >= 0.3 is 0 Å². The van der Waals surface area contributed by atoms with Crippen LogP contribution in [0.25, 0.3) is 0 Å². The molecule has 3 rings (SSSR count). The zero-order valence-electron chi connectivity index (χ0n) is 11.9. The fourth-order valence-electron chi connectivity index (χ4n) is 2.51. The number of anilines is 1. The van der Waals surface area contributed by atoms with Crippen LogP contribution in [0.5, 0.6) is 0 Å². The van der Waals surface area contributed by atoms with E-state index in [0.29, 0.717) is 36.1 Å². The third-order valence-electron chi connectivity index (χ3n) is 3.64. The van der Waals surface area contributed by atoms with Crippen LogP contribution < -0.4 is 10.6 Å². The molecule has 114 valence electrons. The Balaban J connectivity index is 1.82. The number of benzene rings is 1. The average molecular weight is 318 g/mol. The van der Waals surface area contributed by atoms with Gasteiger partial charge in [0.1, 0.15) is 11.9 Å². The van der Waals surface area contributed by atoms with Crippen LogP contribution in [-0.4, -0.2) is 30.6 Å². The van der Waals surface area contributed by atoms with Crippen LogP contribution >= 0.6 is 11.6 Å². The van der Waals surface area contributed by atoms with Gasteiger partial charge in [-0.05, 0) is 11.6 Å². The van der Waals surface area contributed by atoms with Crippen molar-refractivity contribution in [3.05, 3.63) is 58.7 Å². The van der Waals surface area contributed by atoms with Gasteiger partial charge in [0.05, 0.1) is 17.2 Å². The molecule has 1 saturated heterocycles. The highest BCUT2D eigenvalue weighted by atomic mass is 35.5. The molecule has 0 aliphatic carbocycles. The molecule has 0 unspecified atom stereocenters. The van der Waals surface area contributed by atoms with Crippen LogP contribution in [0.4, 0.5) is 5.82 Å². The van der Waals surface area contributed by atoms with E-state index in [0.717, 1.165) is 5.56 Å². The molecule has 1 atom stereocenters. The number of rotatable bonds is 3. The molecular formula is C16H16ClN3O2. The van der Waals surface area contributed by atoms with Crippen molar-refractivity contribution in [2.75, 3.05) is 24.6 Å². The molecule has 6 heteroatoms. The molecule has 2 aromatic rings. The number of nitrogens with zero attached hydrogens (tertiary/aromatic N) is 2. The molecule has 1 aromatic carbocycles. The molecular weight excluding hydrogens is 302 g/mol. The van der Waals surface area contributed by atoms with Crippen LogP contribution in [0.15, 0.2) is 42.6 Å². The summed E-state index contributed by atoms with van der Waals surface area (Å²) in [6.07, 6.45) is 1.43. The standard InChI is InChI=1S/C16H16ClN3O2/c17-13-8-12(15(18)21)9-19-16(13)20-6-7-22-14(10-20)11-4-2-1-3-5-11/h1-5,8-9,14H,6-7,10H2,(H2,18,21)/t14-/m0/s1. The van der Waals surface area contributed by atoms with Gasteiger partial charge in [-0.2, -0.15) is 0 Å². The van der Waals surface area contributed by atoms with Crippen LogP contribution in [-0.2, 0) is 4.74 Å². The molecule has 0 radical (unpaired) electrons. The summed E-state index contributed by atoms with van der Waals surface area (Å²) < 4.78 is 5.83. The van der Waals surface area contributed by atoms with Crippen LogP contribution in [0.3, 0.4) is 0 Å². The number of hydrogen-bond donors (Lipinski definition) is 1. The van der Waals surface area contributed by atoms with E-state index < -0.39 is 5.91 Å². The maximum atomic E-state index is 11.2. The van der Waals surface area contributed by atoms with E-state index >= 15 is 0 Å². The van der Waals surface area contributed by atoms with Crippen LogP contribution in [0, 0.1) is 0 Å². The molecule has 5 nitrogen and oxygen atoms in total. The summed E-state index contributed by atoms with van der Waals surface area (Å²) in [5.41, 5.74) is 6.67. The summed E-state index contributed by atoms with van der Waals surface area (Å²) in [4.78, 5) is 17.5. The zero-order chi connectivity index (χ0) is 15.5. The van der Waals surface area contributed by atoms with Crippen LogP contribution in [0.1, 0.15) is 22.0 Å². The van der Waals surface area contributed by atoms with Crippen molar-refractivity contribution in [2.24, 2.45) is 5.73 Å². The molecule has 1 aliphatic rings. The molecule has 2 N–H and O–H groups in total. The Morgan fingerprint density at radius 1 is 1.36 bits per heavy atom. The minimum Gasteiger partial charge on any atom is -0.370 e. The van der Waals surface area contributed by atoms with Crippen molar-refractivity contribution in [1.29, 1.82) is 0 Å². The lowest BCUT2D eigenvalue weighted by atomic mass is 10.1. The first-order chi connectivity index (χ1) is 10.6. The summed E-state index contributed by atoms with van der Waals surface area (Å²) in [5, 5.41) is 0.421. The Bertz CT molecular complexity index is 678. The summed E-state index contributed by atoms with van der Waals surface area (Å²) in [6.45, 7) is 1.95. The molecule has 2 heterocycles. The summed E-state index contributed by atoms with van der Waals surface area (Å²) in [5.74, 6) is 0.112. The number of amides is 1. The topological polar surface area (TPSA) is 68.5 Å². The number of carbonyl (C=O) groups excluding carboxylic acids is 1. The molecule has 1 fully saturated rings. The van der Waals surface area contributed by atoms with E-state index in [9.17, 15) is 4.79 Å². The van der Waals surface area contributed by atoms with Crippen LogP contribution in [0.2, 0.25) is 5.02 Å². The maximum absolute atomic E-state index is 11.2. The fourth-order valence-corrected chi connectivity index (χ4v) is 2.80. The second kappa shape index (κ2) is 6.34. The number of nitrogens with two attached hydrogens (primary N) is 1. The maximum Gasteiger partial charge on any atom is 0.250 e. The highest BCUT2D eigenvalue weighted by molar-refractivity contribution is 6.33. The van der Waals surface area contributed by atoms with Crippen molar-refractivity contribution >= 4 is 23.3 Å². The number of pyridine rings is 1. The molecule has 0 saturated carbocycles. The molecule has 1 amide bonds. The predicted molar refractivity (Wildman–Crippen MR) is 85.1 cm³/mol. The molecule has 1 aliphatic heterocycles. The van der Waals surface area contributed by atoms with Crippen molar-refractivity contribution in [3.8, 4) is 0 Å². The largest absolute Gasteiger partial charge is 0.370 e. The van der Waals surface area contributed by atoms with Crippen molar-refractivity contribution in [3.63, 3.8) is 0 Å². The smallest absolute Gasteiger partial charge is 0.250 e. The Morgan fingerprint density at radius 3 is 2.82 bits per heavy atom. The molecule has 22 heavy (non-hydrogen) atoms. The summed E-state index contributed by atoms with van der Waals surface area (Å²) in [6, 6.07) is 11.6. The van der Waals surface area contributed by atoms with Crippen molar-refractivity contribution in [2.45, 2.75) is 6.10 Å². The van der Waals surface area contributed by atoms with Gasteiger partial charge in [-0.3, -0.25) is 4.79 Å². The zero-order valence-corrected chi connectivity index (χ0v) is 12.7. The minimum atomic E-state index is -0.537. The van der Waals surface area contributed by atoms with E-state index in [4.69, 9.17) is 22.1 Å². The first kappa shape index (κ1) is 14.8. The summed E-state index contributed by atoms with van der Waals surface area (Å²) >= 11 is 6.25. The Hall–Kier alpha value is -2.11.